The number of benzene rings is 2. The summed E-state index contributed by atoms with van der Waals surface area (Å²) in [5.41, 5.74) is 5.64. The third kappa shape index (κ3) is 2.68. The normalized spacial score (nSPS) is 10.4. The average molecular weight is 300 g/mol. The third-order valence-electron chi connectivity index (χ3n) is 3.89. The summed E-state index contributed by atoms with van der Waals surface area (Å²) >= 11 is 0. The van der Waals surface area contributed by atoms with E-state index in [0.29, 0.717) is 0 Å². The van der Waals surface area contributed by atoms with Gasteiger partial charge in [0.15, 0.2) is 0 Å². The summed E-state index contributed by atoms with van der Waals surface area (Å²) in [6, 6.07) is 18.8. The summed E-state index contributed by atoms with van der Waals surface area (Å²) in [6.07, 6.45) is 3.70. The largest absolute Gasteiger partial charge is 0.256 e. The molecule has 0 aliphatic carbocycles. The van der Waals surface area contributed by atoms with E-state index in [1.165, 1.54) is 16.5 Å². The molecule has 2 nitrogen and oxygen atoms in total. The first-order valence-electron chi connectivity index (χ1n) is 8.03. The van der Waals surface area contributed by atoms with Gasteiger partial charge in [-0.3, -0.25) is 9.97 Å². The molecule has 0 bridgehead atoms. The van der Waals surface area contributed by atoms with Gasteiger partial charge in [0, 0.05) is 28.7 Å². The smallest absolute Gasteiger partial charge is 0.0780 e. The lowest BCUT2D eigenvalue weighted by Gasteiger charge is -2.10. The molecule has 0 fully saturated rings. The number of fused-ring (bicyclic) bond motifs is 2. The fraction of sp³-hybridized carbons (Fsp3) is 0.143. The molecule has 0 saturated heterocycles. The van der Waals surface area contributed by atoms with Crippen molar-refractivity contribution in [1.29, 1.82) is 0 Å². The maximum Gasteiger partial charge on any atom is 0.0780 e. The van der Waals surface area contributed by atoms with E-state index in [-0.39, 0.29) is 0 Å². The molecular formula is C21H20N2. The van der Waals surface area contributed by atoms with Gasteiger partial charge in [-0.05, 0) is 30.2 Å². The molecule has 2 aromatic heterocycles. The number of para-hydroxylation sites is 1. The minimum Gasteiger partial charge on any atom is -0.256 e. The number of rotatable bonds is 1. The number of pyridine rings is 2. The number of nitrogens with zero attached hydrogens (tertiary/aromatic N) is 2. The Labute approximate surface area is 136 Å². The number of hydrogen-bond donors (Lipinski definition) is 0. The molecule has 0 amide bonds. The second-order valence-electron chi connectivity index (χ2n) is 5.21. The van der Waals surface area contributed by atoms with Gasteiger partial charge < -0.3 is 0 Å². The van der Waals surface area contributed by atoms with Crippen LogP contribution in [0.3, 0.4) is 0 Å². The van der Waals surface area contributed by atoms with Crippen LogP contribution in [0.15, 0.2) is 67.0 Å². The summed E-state index contributed by atoms with van der Waals surface area (Å²) in [6.45, 7) is 6.10. The second kappa shape index (κ2) is 6.57. The highest BCUT2D eigenvalue weighted by atomic mass is 14.7. The molecule has 4 rings (SSSR count). The van der Waals surface area contributed by atoms with Crippen molar-refractivity contribution in [2.24, 2.45) is 0 Å². The zero-order valence-electron chi connectivity index (χ0n) is 13.7. The Morgan fingerprint density at radius 3 is 2.17 bits per heavy atom. The molecule has 2 heteroatoms. The summed E-state index contributed by atoms with van der Waals surface area (Å²) in [7, 11) is 0. The van der Waals surface area contributed by atoms with Crippen molar-refractivity contribution in [2.75, 3.05) is 0 Å². The summed E-state index contributed by atoms with van der Waals surface area (Å²) in [5.74, 6) is 0. The molecule has 0 spiro atoms. The van der Waals surface area contributed by atoms with Crippen molar-refractivity contribution in [3.05, 3.63) is 72.6 Å². The van der Waals surface area contributed by atoms with Crippen LogP contribution in [-0.4, -0.2) is 9.97 Å². The van der Waals surface area contributed by atoms with Crippen molar-refractivity contribution in [3.63, 3.8) is 0 Å². The minimum atomic E-state index is 1.04. The van der Waals surface area contributed by atoms with Gasteiger partial charge in [-0.1, -0.05) is 56.3 Å². The summed E-state index contributed by atoms with van der Waals surface area (Å²) < 4.78 is 0. The SMILES string of the molecule is CC.Cc1ccc(-c2cccc3cccnc23)c2cccnc12. The first kappa shape index (κ1) is 15.2. The van der Waals surface area contributed by atoms with E-state index in [2.05, 4.69) is 59.4 Å². The molecule has 0 radical (unpaired) electrons. The van der Waals surface area contributed by atoms with Crippen LogP contribution in [0.5, 0.6) is 0 Å². The minimum absolute atomic E-state index is 1.04. The highest BCUT2D eigenvalue weighted by Crippen LogP contribution is 2.33. The van der Waals surface area contributed by atoms with Crippen molar-refractivity contribution >= 4 is 21.8 Å². The highest BCUT2D eigenvalue weighted by molar-refractivity contribution is 6.03. The Morgan fingerprint density at radius 1 is 0.652 bits per heavy atom. The number of aryl methyl sites for hydroxylation is 1. The first-order chi connectivity index (χ1) is 11.3. The Balaban J connectivity index is 0.000000753. The topological polar surface area (TPSA) is 25.8 Å². The molecular weight excluding hydrogens is 280 g/mol. The lowest BCUT2D eigenvalue weighted by Crippen LogP contribution is -1.89. The van der Waals surface area contributed by atoms with Crippen molar-refractivity contribution < 1.29 is 0 Å². The quantitative estimate of drug-likeness (QED) is 0.445. The van der Waals surface area contributed by atoms with E-state index in [4.69, 9.17) is 0 Å². The maximum absolute atomic E-state index is 4.57. The van der Waals surface area contributed by atoms with Crippen molar-refractivity contribution in [2.45, 2.75) is 20.8 Å². The molecule has 0 saturated carbocycles. The molecule has 23 heavy (non-hydrogen) atoms. The standard InChI is InChI=1S/C19H14N2.C2H6/c1-13-9-10-15(16-8-4-12-20-18(13)16)17-7-2-5-14-6-3-11-21-19(14)17;1-2/h2-12H,1H3;1-2H3. The van der Waals surface area contributed by atoms with Crippen LogP contribution in [0, 0.1) is 6.92 Å². The average Bonchev–Trinajstić information content (AvgIpc) is 2.64. The van der Waals surface area contributed by atoms with E-state index in [1.54, 1.807) is 0 Å². The Hall–Kier alpha value is -2.74. The van der Waals surface area contributed by atoms with Gasteiger partial charge in [0.05, 0.1) is 11.0 Å². The van der Waals surface area contributed by atoms with Crippen LogP contribution >= 0.6 is 0 Å². The number of hydrogen-bond acceptors (Lipinski definition) is 2. The maximum atomic E-state index is 4.57. The molecule has 0 N–H and O–H groups in total. The fourth-order valence-corrected chi connectivity index (χ4v) is 2.87. The lowest BCUT2D eigenvalue weighted by atomic mass is 9.96. The van der Waals surface area contributed by atoms with Crippen LogP contribution in [0.25, 0.3) is 32.9 Å². The molecule has 4 aromatic rings. The van der Waals surface area contributed by atoms with E-state index in [9.17, 15) is 0 Å². The Bertz CT molecular complexity index is 953. The highest BCUT2D eigenvalue weighted by Gasteiger charge is 2.09. The zero-order chi connectivity index (χ0) is 16.2. The Kier molecular flexibility index (Phi) is 4.33. The van der Waals surface area contributed by atoms with Crippen molar-refractivity contribution in [1.82, 2.24) is 9.97 Å². The summed E-state index contributed by atoms with van der Waals surface area (Å²) in [4.78, 5) is 9.09. The number of aromatic nitrogens is 2. The molecule has 0 aliphatic heterocycles. The molecule has 2 heterocycles. The zero-order valence-corrected chi connectivity index (χ0v) is 13.7. The molecule has 0 atom stereocenters. The molecule has 2 aromatic carbocycles. The Morgan fingerprint density at radius 2 is 1.35 bits per heavy atom. The van der Waals surface area contributed by atoms with Crippen LogP contribution in [0.4, 0.5) is 0 Å². The predicted molar refractivity (Wildman–Crippen MR) is 98.6 cm³/mol. The van der Waals surface area contributed by atoms with E-state index in [1.807, 2.05) is 38.4 Å². The van der Waals surface area contributed by atoms with Gasteiger partial charge in [0.25, 0.3) is 0 Å². The lowest BCUT2D eigenvalue weighted by molar-refractivity contribution is 1.36. The van der Waals surface area contributed by atoms with Crippen LogP contribution in [0.2, 0.25) is 0 Å². The third-order valence-corrected chi connectivity index (χ3v) is 3.89. The van der Waals surface area contributed by atoms with Crippen LogP contribution < -0.4 is 0 Å². The van der Waals surface area contributed by atoms with Crippen LogP contribution in [-0.2, 0) is 0 Å². The summed E-state index contributed by atoms with van der Waals surface area (Å²) in [5, 5.41) is 2.34. The van der Waals surface area contributed by atoms with Gasteiger partial charge >= 0.3 is 0 Å². The van der Waals surface area contributed by atoms with Gasteiger partial charge in [-0.25, -0.2) is 0 Å². The molecule has 114 valence electrons. The van der Waals surface area contributed by atoms with Gasteiger partial charge in [0.2, 0.25) is 0 Å². The van der Waals surface area contributed by atoms with Gasteiger partial charge in [-0.15, -0.1) is 0 Å². The van der Waals surface area contributed by atoms with Crippen molar-refractivity contribution in [3.8, 4) is 11.1 Å². The second-order valence-corrected chi connectivity index (χ2v) is 5.21. The van der Waals surface area contributed by atoms with E-state index >= 15 is 0 Å². The fourth-order valence-electron chi connectivity index (χ4n) is 2.87. The van der Waals surface area contributed by atoms with Crippen LogP contribution in [0.1, 0.15) is 19.4 Å². The monoisotopic (exact) mass is 300 g/mol. The predicted octanol–water partition coefficient (Wildman–Crippen LogP) is 5.78. The van der Waals surface area contributed by atoms with E-state index < -0.39 is 0 Å². The van der Waals surface area contributed by atoms with Gasteiger partial charge in [0.1, 0.15) is 0 Å². The molecule has 0 unspecified atom stereocenters. The molecule has 0 aliphatic rings. The first-order valence-corrected chi connectivity index (χ1v) is 8.03. The van der Waals surface area contributed by atoms with Gasteiger partial charge in [-0.2, -0.15) is 0 Å². The van der Waals surface area contributed by atoms with E-state index in [0.717, 1.165) is 22.0 Å².